The molecule has 0 fully saturated rings. The quantitative estimate of drug-likeness (QED) is 0.710. The average molecular weight is 389 g/mol. The van der Waals surface area contributed by atoms with E-state index in [1.165, 1.54) is 24.3 Å². The normalized spacial score (nSPS) is 11.7. The van der Waals surface area contributed by atoms with Gasteiger partial charge in [-0.3, -0.25) is 14.8 Å². The number of rotatable bonds is 5. The highest BCUT2D eigenvalue weighted by atomic mass is 32.2. The molecule has 0 radical (unpaired) electrons. The molecule has 2 aromatic heterocycles. The summed E-state index contributed by atoms with van der Waals surface area (Å²) in [5.41, 5.74) is 1.58. The number of carbonyl (C=O) groups excluding carboxylic acids is 1. The Kier molecular flexibility index (Phi) is 4.83. The zero-order chi connectivity index (χ0) is 19.8. The molecule has 0 aliphatic carbocycles. The highest BCUT2D eigenvalue weighted by Crippen LogP contribution is 2.21. The largest absolute Gasteiger partial charge is 0.401 e. The molecule has 0 aliphatic rings. The first-order chi connectivity index (χ1) is 12.7. The Morgan fingerprint density at radius 3 is 2.59 bits per heavy atom. The Morgan fingerprint density at radius 1 is 1.22 bits per heavy atom. The molecule has 0 bridgehead atoms. The Hall–Kier alpha value is -3.01. The molecule has 3 rings (SSSR count). The fourth-order valence-electron chi connectivity index (χ4n) is 2.30. The van der Waals surface area contributed by atoms with Crippen LogP contribution in [0, 0.1) is 6.92 Å². The molecule has 1 amide bonds. The predicted molar refractivity (Wildman–Crippen MR) is 98.0 cm³/mol. The summed E-state index contributed by atoms with van der Waals surface area (Å²) in [6.07, 6.45) is 0. The maximum atomic E-state index is 12.4. The van der Waals surface area contributed by atoms with Gasteiger partial charge in [-0.1, -0.05) is 11.2 Å². The number of aryl methyl sites for hydroxylation is 2. The predicted octanol–water partition coefficient (Wildman–Crippen LogP) is 2.21. The van der Waals surface area contributed by atoms with E-state index in [4.69, 9.17) is 4.42 Å². The zero-order valence-electron chi connectivity index (χ0n) is 15.3. The van der Waals surface area contributed by atoms with Crippen LogP contribution in [0.2, 0.25) is 0 Å². The van der Waals surface area contributed by atoms with Crippen molar-refractivity contribution in [1.29, 1.82) is 0 Å². The number of nitrogens with zero attached hydrogens (tertiary/aromatic N) is 4. The van der Waals surface area contributed by atoms with Crippen molar-refractivity contribution >= 4 is 21.8 Å². The van der Waals surface area contributed by atoms with E-state index in [0.29, 0.717) is 5.69 Å². The number of anilines is 1. The highest BCUT2D eigenvalue weighted by Gasteiger charge is 2.21. The lowest BCUT2D eigenvalue weighted by molar-refractivity contribution is 0.102. The summed E-state index contributed by atoms with van der Waals surface area (Å²) in [6, 6.07) is 7.48. The molecule has 0 saturated carbocycles. The first-order valence-corrected chi connectivity index (χ1v) is 9.73. The number of hydrogen-bond acceptors (Lipinski definition) is 7. The van der Waals surface area contributed by atoms with Crippen LogP contribution in [0.5, 0.6) is 0 Å². The molecule has 0 saturated heterocycles. The van der Waals surface area contributed by atoms with E-state index in [9.17, 15) is 13.2 Å². The van der Waals surface area contributed by atoms with Crippen molar-refractivity contribution in [2.24, 2.45) is 7.05 Å². The fraction of sp³-hybridized carbons (Fsp3) is 0.294. The number of amides is 1. The number of nitrogens with one attached hydrogen (secondary N) is 1. The Bertz CT molecular complexity index is 1080. The van der Waals surface area contributed by atoms with Crippen molar-refractivity contribution in [3.8, 4) is 11.6 Å². The van der Waals surface area contributed by atoms with E-state index < -0.39 is 21.0 Å². The second-order valence-electron chi connectivity index (χ2n) is 6.28. The number of sulfone groups is 1. The minimum Gasteiger partial charge on any atom is -0.401 e. The smallest absolute Gasteiger partial charge is 0.322 e. The van der Waals surface area contributed by atoms with Gasteiger partial charge < -0.3 is 4.42 Å². The fourth-order valence-corrected chi connectivity index (χ4v) is 3.40. The summed E-state index contributed by atoms with van der Waals surface area (Å²) in [7, 11) is -1.69. The molecule has 3 aromatic rings. The minimum absolute atomic E-state index is 0.0836. The van der Waals surface area contributed by atoms with Crippen LogP contribution >= 0.6 is 0 Å². The van der Waals surface area contributed by atoms with Gasteiger partial charge in [-0.2, -0.15) is 5.10 Å². The summed E-state index contributed by atoms with van der Waals surface area (Å²) >= 11 is 0. The number of carbonyl (C=O) groups is 1. The van der Waals surface area contributed by atoms with Crippen molar-refractivity contribution in [3.05, 3.63) is 41.6 Å². The molecule has 1 aromatic carbocycles. The van der Waals surface area contributed by atoms with Gasteiger partial charge >= 0.3 is 6.01 Å². The average Bonchev–Trinajstić information content (AvgIpc) is 3.21. The van der Waals surface area contributed by atoms with Gasteiger partial charge in [0.05, 0.1) is 10.1 Å². The van der Waals surface area contributed by atoms with Gasteiger partial charge in [0, 0.05) is 18.3 Å². The molecule has 10 heteroatoms. The van der Waals surface area contributed by atoms with Gasteiger partial charge in [0.2, 0.25) is 0 Å². The van der Waals surface area contributed by atoms with Crippen LogP contribution in [0.3, 0.4) is 0 Å². The molecule has 0 unspecified atom stereocenters. The maximum Gasteiger partial charge on any atom is 0.322 e. The molecule has 1 N–H and O–H groups in total. The summed E-state index contributed by atoms with van der Waals surface area (Å²) < 4.78 is 31.6. The van der Waals surface area contributed by atoms with E-state index in [1.54, 1.807) is 31.6 Å². The molecular formula is C17H19N5O4S. The monoisotopic (exact) mass is 389 g/mol. The van der Waals surface area contributed by atoms with Crippen LogP contribution in [0.15, 0.2) is 39.6 Å². The van der Waals surface area contributed by atoms with Crippen molar-refractivity contribution in [3.63, 3.8) is 0 Å². The van der Waals surface area contributed by atoms with E-state index in [2.05, 4.69) is 20.6 Å². The topological polar surface area (TPSA) is 120 Å². The molecule has 27 heavy (non-hydrogen) atoms. The molecule has 0 aliphatic heterocycles. The van der Waals surface area contributed by atoms with Crippen molar-refractivity contribution in [2.75, 3.05) is 5.32 Å². The third kappa shape index (κ3) is 3.75. The SMILES string of the molecule is Cc1cc(-c2nnc(NC(=O)c3cccc(S(=O)(=O)C(C)C)c3)o2)nn1C. The second kappa shape index (κ2) is 6.95. The lowest BCUT2D eigenvalue weighted by Crippen LogP contribution is -2.16. The minimum atomic E-state index is -3.48. The zero-order valence-corrected chi connectivity index (χ0v) is 16.1. The van der Waals surface area contributed by atoms with E-state index in [-0.39, 0.29) is 22.4 Å². The van der Waals surface area contributed by atoms with Crippen molar-refractivity contribution in [2.45, 2.75) is 30.9 Å². The van der Waals surface area contributed by atoms with Crippen LogP contribution in [-0.2, 0) is 16.9 Å². The van der Waals surface area contributed by atoms with E-state index >= 15 is 0 Å². The molecule has 0 spiro atoms. The van der Waals surface area contributed by atoms with Crippen LogP contribution in [0.1, 0.15) is 29.9 Å². The summed E-state index contributed by atoms with van der Waals surface area (Å²) in [4.78, 5) is 12.5. The van der Waals surface area contributed by atoms with Crippen molar-refractivity contribution < 1.29 is 17.6 Å². The number of aromatic nitrogens is 4. The maximum absolute atomic E-state index is 12.4. The van der Waals surface area contributed by atoms with Crippen LogP contribution < -0.4 is 5.32 Å². The number of benzene rings is 1. The standard InChI is InChI=1S/C17H19N5O4S/c1-10(2)27(24,25)13-7-5-6-12(9-13)15(23)18-17-20-19-16(26-17)14-8-11(3)22(4)21-14/h5-10H,1-4H3,(H,18,20,23). The first kappa shape index (κ1) is 18.8. The van der Waals surface area contributed by atoms with E-state index in [0.717, 1.165) is 5.69 Å². The van der Waals surface area contributed by atoms with Gasteiger partial charge in [-0.25, -0.2) is 8.42 Å². The Labute approximate surface area is 156 Å². The van der Waals surface area contributed by atoms with Gasteiger partial charge in [0.1, 0.15) is 5.69 Å². The molecule has 0 atom stereocenters. The van der Waals surface area contributed by atoms with Gasteiger partial charge in [-0.15, -0.1) is 5.10 Å². The Balaban J connectivity index is 1.80. The molecule has 9 nitrogen and oxygen atoms in total. The third-order valence-corrected chi connectivity index (χ3v) is 6.18. The van der Waals surface area contributed by atoms with Crippen LogP contribution in [0.25, 0.3) is 11.6 Å². The second-order valence-corrected chi connectivity index (χ2v) is 8.79. The van der Waals surface area contributed by atoms with Gasteiger partial charge in [0.25, 0.3) is 11.8 Å². The van der Waals surface area contributed by atoms with Gasteiger partial charge in [0.15, 0.2) is 9.84 Å². The van der Waals surface area contributed by atoms with Crippen LogP contribution in [-0.4, -0.2) is 39.6 Å². The molecule has 142 valence electrons. The first-order valence-electron chi connectivity index (χ1n) is 8.18. The summed E-state index contributed by atoms with van der Waals surface area (Å²) in [6.45, 7) is 5.05. The number of hydrogen-bond donors (Lipinski definition) is 1. The lowest BCUT2D eigenvalue weighted by Gasteiger charge is -2.09. The third-order valence-electron chi connectivity index (χ3n) is 4.02. The van der Waals surface area contributed by atoms with Crippen molar-refractivity contribution in [1.82, 2.24) is 20.0 Å². The molecular weight excluding hydrogens is 370 g/mol. The Morgan fingerprint density at radius 2 is 1.96 bits per heavy atom. The van der Waals surface area contributed by atoms with Crippen LogP contribution in [0.4, 0.5) is 6.01 Å². The summed E-state index contributed by atoms with van der Waals surface area (Å²) in [5, 5.41) is 13.8. The highest BCUT2D eigenvalue weighted by molar-refractivity contribution is 7.92. The van der Waals surface area contributed by atoms with E-state index in [1.807, 2.05) is 6.92 Å². The summed E-state index contributed by atoms with van der Waals surface area (Å²) in [5.74, 6) is -0.381. The lowest BCUT2D eigenvalue weighted by atomic mass is 10.2. The van der Waals surface area contributed by atoms with Gasteiger partial charge in [-0.05, 0) is 45.0 Å². The molecule has 2 heterocycles.